The molecule has 16 heavy (non-hydrogen) atoms. The number of carbonyl (C=O) groups excluding carboxylic acids is 1. The largest absolute Gasteiger partial charge is 0.459 e. The first-order chi connectivity index (χ1) is 7.59. The Kier molecular flexibility index (Phi) is 3.01. The van der Waals surface area contributed by atoms with Crippen LogP contribution in [0.3, 0.4) is 0 Å². The zero-order valence-electron chi connectivity index (χ0n) is 9.64. The van der Waals surface area contributed by atoms with Crippen LogP contribution in [-0.2, 0) is 0 Å². The molecule has 1 aromatic heterocycles. The molecule has 2 heterocycles. The average Bonchev–Trinajstić information content (AvgIpc) is 2.84. The summed E-state index contributed by atoms with van der Waals surface area (Å²) in [6.45, 7) is 4.96. The van der Waals surface area contributed by atoms with Crippen LogP contribution in [0, 0.1) is 12.8 Å². The monoisotopic (exact) mass is 223 g/mol. The van der Waals surface area contributed by atoms with Crippen LogP contribution in [-0.4, -0.2) is 35.1 Å². The average molecular weight is 223 g/mol. The molecule has 0 spiro atoms. The van der Waals surface area contributed by atoms with Gasteiger partial charge in [0.15, 0.2) is 5.76 Å². The van der Waals surface area contributed by atoms with E-state index in [-0.39, 0.29) is 17.9 Å². The SMILES string of the molecule is Cc1ccoc1C(=O)N1CCC(C(C)O)C1. The number of aryl methyl sites for hydroxylation is 1. The minimum absolute atomic E-state index is 0.0642. The summed E-state index contributed by atoms with van der Waals surface area (Å²) in [6.07, 6.45) is 2.05. The predicted octanol–water partition coefficient (Wildman–Crippen LogP) is 1.43. The van der Waals surface area contributed by atoms with Crippen LogP contribution in [0.25, 0.3) is 0 Å². The molecule has 4 heteroatoms. The molecule has 0 radical (unpaired) electrons. The molecule has 1 aliphatic rings. The summed E-state index contributed by atoms with van der Waals surface area (Å²) < 4.78 is 5.18. The van der Waals surface area contributed by atoms with E-state index >= 15 is 0 Å². The molecule has 1 aromatic rings. The number of hydrogen-bond acceptors (Lipinski definition) is 3. The van der Waals surface area contributed by atoms with Crippen molar-refractivity contribution in [3.8, 4) is 0 Å². The highest BCUT2D eigenvalue weighted by atomic mass is 16.3. The maximum absolute atomic E-state index is 12.0. The normalized spacial score (nSPS) is 22.4. The Labute approximate surface area is 94.9 Å². The highest BCUT2D eigenvalue weighted by molar-refractivity contribution is 5.93. The molecule has 2 unspecified atom stereocenters. The molecule has 88 valence electrons. The van der Waals surface area contributed by atoms with Crippen molar-refractivity contribution in [2.75, 3.05) is 13.1 Å². The van der Waals surface area contributed by atoms with Gasteiger partial charge in [0.1, 0.15) is 0 Å². The summed E-state index contributed by atoms with van der Waals surface area (Å²) in [4.78, 5) is 13.8. The molecule has 4 nitrogen and oxygen atoms in total. The fourth-order valence-corrected chi connectivity index (χ4v) is 2.10. The van der Waals surface area contributed by atoms with E-state index in [1.807, 2.05) is 6.92 Å². The van der Waals surface area contributed by atoms with Crippen molar-refractivity contribution in [3.63, 3.8) is 0 Å². The lowest BCUT2D eigenvalue weighted by Crippen LogP contribution is -2.30. The Balaban J connectivity index is 2.05. The van der Waals surface area contributed by atoms with E-state index in [0.717, 1.165) is 12.0 Å². The van der Waals surface area contributed by atoms with E-state index in [1.54, 1.807) is 17.9 Å². The maximum Gasteiger partial charge on any atom is 0.289 e. The quantitative estimate of drug-likeness (QED) is 0.825. The Morgan fingerprint density at radius 3 is 2.94 bits per heavy atom. The van der Waals surface area contributed by atoms with Gasteiger partial charge < -0.3 is 14.4 Å². The zero-order chi connectivity index (χ0) is 11.7. The fraction of sp³-hybridized carbons (Fsp3) is 0.583. The van der Waals surface area contributed by atoms with Crippen molar-refractivity contribution in [2.24, 2.45) is 5.92 Å². The summed E-state index contributed by atoms with van der Waals surface area (Å²) in [5, 5.41) is 9.48. The van der Waals surface area contributed by atoms with Gasteiger partial charge >= 0.3 is 0 Å². The first-order valence-corrected chi connectivity index (χ1v) is 5.61. The number of hydrogen-bond donors (Lipinski definition) is 1. The van der Waals surface area contributed by atoms with Crippen LogP contribution >= 0.6 is 0 Å². The summed E-state index contributed by atoms with van der Waals surface area (Å²) in [6, 6.07) is 1.79. The molecule has 2 rings (SSSR count). The lowest BCUT2D eigenvalue weighted by Gasteiger charge is -2.16. The lowest BCUT2D eigenvalue weighted by atomic mass is 10.0. The molecule has 2 atom stereocenters. The van der Waals surface area contributed by atoms with Crippen molar-refractivity contribution in [3.05, 3.63) is 23.7 Å². The predicted molar refractivity (Wildman–Crippen MR) is 59.1 cm³/mol. The second kappa shape index (κ2) is 4.29. The van der Waals surface area contributed by atoms with Gasteiger partial charge in [-0.25, -0.2) is 0 Å². The van der Waals surface area contributed by atoms with Gasteiger partial charge in [-0.05, 0) is 26.3 Å². The van der Waals surface area contributed by atoms with Gasteiger partial charge in [0, 0.05) is 24.6 Å². The molecule has 1 amide bonds. The van der Waals surface area contributed by atoms with Gasteiger partial charge in [-0.15, -0.1) is 0 Å². The number of likely N-dealkylation sites (tertiary alicyclic amines) is 1. The molecular formula is C12H17NO3. The van der Waals surface area contributed by atoms with Crippen LogP contribution < -0.4 is 0 Å². The van der Waals surface area contributed by atoms with Crippen LogP contribution in [0.5, 0.6) is 0 Å². The van der Waals surface area contributed by atoms with Crippen molar-refractivity contribution < 1.29 is 14.3 Å². The number of rotatable bonds is 2. The number of aliphatic hydroxyl groups excluding tert-OH is 1. The van der Waals surface area contributed by atoms with Crippen molar-refractivity contribution in [2.45, 2.75) is 26.4 Å². The lowest BCUT2D eigenvalue weighted by molar-refractivity contribution is 0.0731. The number of amides is 1. The van der Waals surface area contributed by atoms with E-state index in [2.05, 4.69) is 0 Å². The molecule has 1 aliphatic heterocycles. The van der Waals surface area contributed by atoms with Gasteiger partial charge in [0.25, 0.3) is 5.91 Å². The summed E-state index contributed by atoms with van der Waals surface area (Å²) >= 11 is 0. The molecule has 0 saturated carbocycles. The van der Waals surface area contributed by atoms with Crippen molar-refractivity contribution in [1.29, 1.82) is 0 Å². The maximum atomic E-state index is 12.0. The van der Waals surface area contributed by atoms with E-state index < -0.39 is 0 Å². The summed E-state index contributed by atoms with van der Waals surface area (Å²) in [5.41, 5.74) is 0.866. The first kappa shape index (κ1) is 11.2. The first-order valence-electron chi connectivity index (χ1n) is 5.61. The highest BCUT2D eigenvalue weighted by Gasteiger charge is 2.31. The minimum atomic E-state index is -0.351. The van der Waals surface area contributed by atoms with Gasteiger partial charge in [0.05, 0.1) is 12.4 Å². The molecular weight excluding hydrogens is 206 g/mol. The minimum Gasteiger partial charge on any atom is -0.459 e. The van der Waals surface area contributed by atoms with E-state index in [9.17, 15) is 9.90 Å². The third-order valence-corrected chi connectivity index (χ3v) is 3.25. The van der Waals surface area contributed by atoms with Gasteiger partial charge in [0.2, 0.25) is 0 Å². The van der Waals surface area contributed by atoms with Crippen LogP contribution in [0.1, 0.15) is 29.5 Å². The van der Waals surface area contributed by atoms with Crippen molar-refractivity contribution >= 4 is 5.91 Å². The van der Waals surface area contributed by atoms with Crippen LogP contribution in [0.15, 0.2) is 16.7 Å². The summed E-state index contributed by atoms with van der Waals surface area (Å²) in [7, 11) is 0. The number of nitrogens with zero attached hydrogens (tertiary/aromatic N) is 1. The third kappa shape index (κ3) is 1.97. The topological polar surface area (TPSA) is 53.7 Å². The Bertz CT molecular complexity index is 383. The second-order valence-electron chi connectivity index (χ2n) is 4.47. The molecule has 1 fully saturated rings. The van der Waals surface area contributed by atoms with Gasteiger partial charge in [-0.3, -0.25) is 4.79 Å². The zero-order valence-corrected chi connectivity index (χ0v) is 9.64. The number of furan rings is 1. The molecule has 1 N–H and O–H groups in total. The molecule has 0 aliphatic carbocycles. The third-order valence-electron chi connectivity index (χ3n) is 3.25. The highest BCUT2D eigenvalue weighted by Crippen LogP contribution is 2.22. The van der Waals surface area contributed by atoms with E-state index in [1.165, 1.54) is 6.26 Å². The number of aliphatic hydroxyl groups is 1. The number of carbonyl (C=O) groups is 1. The van der Waals surface area contributed by atoms with Crippen LogP contribution in [0.4, 0.5) is 0 Å². The Hall–Kier alpha value is -1.29. The Morgan fingerprint density at radius 2 is 2.44 bits per heavy atom. The molecule has 0 bridgehead atoms. The van der Waals surface area contributed by atoms with Gasteiger partial charge in [-0.2, -0.15) is 0 Å². The smallest absolute Gasteiger partial charge is 0.289 e. The molecule has 0 aromatic carbocycles. The fourth-order valence-electron chi connectivity index (χ4n) is 2.10. The van der Waals surface area contributed by atoms with Crippen LogP contribution in [0.2, 0.25) is 0 Å². The molecule has 1 saturated heterocycles. The summed E-state index contributed by atoms with van der Waals surface area (Å²) in [5.74, 6) is 0.552. The standard InChI is InChI=1S/C12H17NO3/c1-8-4-6-16-11(8)12(15)13-5-3-10(7-13)9(2)14/h4,6,9-10,14H,3,5,7H2,1-2H3. The second-order valence-corrected chi connectivity index (χ2v) is 4.47. The van der Waals surface area contributed by atoms with E-state index in [0.29, 0.717) is 18.8 Å². The van der Waals surface area contributed by atoms with Gasteiger partial charge in [-0.1, -0.05) is 0 Å². The Morgan fingerprint density at radius 1 is 1.69 bits per heavy atom. The van der Waals surface area contributed by atoms with Crippen molar-refractivity contribution in [1.82, 2.24) is 4.90 Å². The van der Waals surface area contributed by atoms with E-state index in [4.69, 9.17) is 4.42 Å².